The highest BCUT2D eigenvalue weighted by Crippen LogP contribution is 2.11. The van der Waals surface area contributed by atoms with Crippen LogP contribution >= 0.6 is 0 Å². The van der Waals surface area contributed by atoms with Crippen LogP contribution in [0.3, 0.4) is 0 Å². The van der Waals surface area contributed by atoms with E-state index in [0.29, 0.717) is 6.42 Å². The number of aliphatic hydroxyl groups is 1. The second kappa shape index (κ2) is 17.0. The average Bonchev–Trinajstić information content (AvgIpc) is 2.52. The van der Waals surface area contributed by atoms with Crippen LogP contribution in [0.5, 0.6) is 0 Å². The first-order chi connectivity index (χ1) is 11.2. The lowest BCUT2D eigenvalue weighted by atomic mass is 10.1. The third-order valence-corrected chi connectivity index (χ3v) is 3.65. The Morgan fingerprint density at radius 1 is 0.913 bits per heavy atom. The molecule has 3 heteroatoms. The highest BCUT2D eigenvalue weighted by molar-refractivity contribution is 5.66. The molecule has 0 heterocycles. The van der Waals surface area contributed by atoms with Gasteiger partial charge in [0.1, 0.15) is 0 Å². The van der Waals surface area contributed by atoms with Crippen LogP contribution < -0.4 is 0 Å². The first-order valence-corrected chi connectivity index (χ1v) is 9.05. The van der Waals surface area contributed by atoms with Gasteiger partial charge in [0.25, 0.3) is 0 Å². The Hall–Kier alpha value is -1.35. The van der Waals surface area contributed by atoms with Gasteiger partial charge in [0.15, 0.2) is 0 Å². The molecule has 2 N–H and O–H groups in total. The molecule has 0 aromatic carbocycles. The maximum Gasteiger partial charge on any atom is 0.303 e. The van der Waals surface area contributed by atoms with Gasteiger partial charge in [-0.25, -0.2) is 0 Å². The molecule has 0 radical (unpaired) electrons. The van der Waals surface area contributed by atoms with Gasteiger partial charge >= 0.3 is 5.97 Å². The zero-order valence-electron chi connectivity index (χ0n) is 14.6. The van der Waals surface area contributed by atoms with Crippen molar-refractivity contribution in [1.82, 2.24) is 0 Å². The Morgan fingerprint density at radius 2 is 1.57 bits per heavy atom. The normalized spacial score (nSPS) is 13.5. The monoisotopic (exact) mass is 322 g/mol. The van der Waals surface area contributed by atoms with Crippen molar-refractivity contribution in [2.24, 2.45) is 0 Å². The number of rotatable bonds is 15. The lowest BCUT2D eigenvalue weighted by molar-refractivity contribution is -0.137. The van der Waals surface area contributed by atoms with E-state index in [1.807, 2.05) is 18.2 Å². The topological polar surface area (TPSA) is 57.5 Å². The number of allylic oxidation sites excluding steroid dienone is 5. The molecule has 0 aliphatic heterocycles. The van der Waals surface area contributed by atoms with E-state index in [-0.39, 0.29) is 6.10 Å². The molecule has 0 aromatic rings. The highest BCUT2D eigenvalue weighted by atomic mass is 16.4. The van der Waals surface area contributed by atoms with Crippen molar-refractivity contribution in [2.75, 3.05) is 0 Å². The smallest absolute Gasteiger partial charge is 0.303 e. The van der Waals surface area contributed by atoms with Crippen LogP contribution in [0.2, 0.25) is 0 Å². The zero-order valence-corrected chi connectivity index (χ0v) is 14.6. The molecule has 0 amide bonds. The van der Waals surface area contributed by atoms with Crippen molar-refractivity contribution in [3.05, 3.63) is 36.5 Å². The Balaban J connectivity index is 3.40. The standard InChI is InChI=1S/C20H34O3/c1-2-3-4-5-7-10-13-16-19(21)17-14-11-8-6-9-12-15-18-20(22)23/h3-4,7,10,13,16,19,21H,2,5-6,8-9,11-12,14-15,17-18H2,1H3,(H,22,23). The van der Waals surface area contributed by atoms with Crippen LogP contribution in [-0.4, -0.2) is 22.3 Å². The summed E-state index contributed by atoms with van der Waals surface area (Å²) in [6.45, 7) is 2.12. The molecule has 3 nitrogen and oxygen atoms in total. The first-order valence-electron chi connectivity index (χ1n) is 9.05. The van der Waals surface area contributed by atoms with Gasteiger partial charge in [-0.15, -0.1) is 0 Å². The van der Waals surface area contributed by atoms with Gasteiger partial charge in [-0.1, -0.05) is 81.9 Å². The van der Waals surface area contributed by atoms with Gasteiger partial charge < -0.3 is 10.2 Å². The molecule has 132 valence electrons. The number of carbonyl (C=O) groups is 1. The second-order valence-electron chi connectivity index (χ2n) is 5.90. The van der Waals surface area contributed by atoms with Crippen LogP contribution in [0.25, 0.3) is 0 Å². The maximum atomic E-state index is 10.4. The van der Waals surface area contributed by atoms with Crippen LogP contribution in [0.15, 0.2) is 36.5 Å². The molecule has 0 saturated carbocycles. The predicted octanol–water partition coefficient (Wildman–Crippen LogP) is 5.41. The van der Waals surface area contributed by atoms with Crippen LogP contribution in [0, 0.1) is 0 Å². The van der Waals surface area contributed by atoms with Gasteiger partial charge in [-0.3, -0.25) is 4.79 Å². The van der Waals surface area contributed by atoms with E-state index >= 15 is 0 Å². The van der Waals surface area contributed by atoms with Crippen molar-refractivity contribution in [2.45, 2.75) is 83.7 Å². The number of carboxylic acids is 1. The summed E-state index contributed by atoms with van der Waals surface area (Å²) < 4.78 is 0. The van der Waals surface area contributed by atoms with E-state index in [0.717, 1.165) is 51.4 Å². The third kappa shape index (κ3) is 18.6. The van der Waals surface area contributed by atoms with E-state index in [9.17, 15) is 9.90 Å². The minimum absolute atomic E-state index is 0.294. The second-order valence-corrected chi connectivity index (χ2v) is 5.90. The van der Waals surface area contributed by atoms with Crippen molar-refractivity contribution in [3.63, 3.8) is 0 Å². The number of aliphatic hydroxyl groups excluding tert-OH is 1. The van der Waals surface area contributed by atoms with Gasteiger partial charge in [-0.05, 0) is 25.7 Å². The van der Waals surface area contributed by atoms with Crippen molar-refractivity contribution in [3.8, 4) is 0 Å². The molecule has 0 fully saturated rings. The quantitative estimate of drug-likeness (QED) is 0.241. The number of hydrogen-bond acceptors (Lipinski definition) is 2. The molecule has 0 bridgehead atoms. The lowest BCUT2D eigenvalue weighted by Crippen LogP contribution is -2.01. The van der Waals surface area contributed by atoms with E-state index in [2.05, 4.69) is 25.2 Å². The molecular weight excluding hydrogens is 288 g/mol. The molecular formula is C20H34O3. The van der Waals surface area contributed by atoms with E-state index in [4.69, 9.17) is 5.11 Å². The molecule has 1 atom stereocenters. The first kappa shape index (κ1) is 21.6. The summed E-state index contributed by atoms with van der Waals surface area (Å²) in [5, 5.41) is 18.4. The fourth-order valence-electron chi connectivity index (χ4n) is 2.30. The largest absolute Gasteiger partial charge is 0.481 e. The minimum Gasteiger partial charge on any atom is -0.481 e. The van der Waals surface area contributed by atoms with Crippen LogP contribution in [-0.2, 0) is 4.79 Å². The molecule has 0 aliphatic rings. The molecule has 0 aliphatic carbocycles. The van der Waals surface area contributed by atoms with Gasteiger partial charge in [0.05, 0.1) is 6.10 Å². The lowest BCUT2D eigenvalue weighted by Gasteiger charge is -2.05. The van der Waals surface area contributed by atoms with Crippen LogP contribution in [0.1, 0.15) is 77.6 Å². The maximum absolute atomic E-state index is 10.4. The summed E-state index contributed by atoms with van der Waals surface area (Å²) in [5.41, 5.74) is 0. The van der Waals surface area contributed by atoms with E-state index in [1.165, 1.54) is 12.8 Å². The predicted molar refractivity (Wildman–Crippen MR) is 97.5 cm³/mol. The van der Waals surface area contributed by atoms with Gasteiger partial charge in [-0.2, -0.15) is 0 Å². The van der Waals surface area contributed by atoms with Crippen LogP contribution in [0.4, 0.5) is 0 Å². The third-order valence-electron chi connectivity index (χ3n) is 3.65. The fourth-order valence-corrected chi connectivity index (χ4v) is 2.30. The Labute approximate surface area is 141 Å². The highest BCUT2D eigenvalue weighted by Gasteiger charge is 1.99. The number of carboxylic acid groups (broad SMARTS) is 1. The Kier molecular flexibility index (Phi) is 16.0. The molecule has 0 aromatic heterocycles. The summed E-state index contributed by atoms with van der Waals surface area (Å²) in [7, 11) is 0. The zero-order chi connectivity index (χ0) is 17.2. The molecule has 1 unspecified atom stereocenters. The molecule has 0 rings (SSSR count). The summed E-state index contributed by atoms with van der Waals surface area (Å²) in [5.74, 6) is -0.695. The summed E-state index contributed by atoms with van der Waals surface area (Å²) in [6.07, 6.45) is 22.4. The van der Waals surface area contributed by atoms with Crippen molar-refractivity contribution < 1.29 is 15.0 Å². The Bertz CT molecular complexity index is 356. The number of unbranched alkanes of at least 4 members (excludes halogenated alkanes) is 6. The molecule has 0 saturated heterocycles. The summed E-state index contributed by atoms with van der Waals surface area (Å²) in [4.78, 5) is 10.4. The fraction of sp³-hybridized carbons (Fsp3) is 0.650. The Morgan fingerprint density at radius 3 is 2.22 bits per heavy atom. The van der Waals surface area contributed by atoms with Crippen molar-refractivity contribution >= 4 is 5.97 Å². The molecule has 0 spiro atoms. The minimum atomic E-state index is -0.695. The number of aliphatic carboxylic acids is 1. The summed E-state index contributed by atoms with van der Waals surface area (Å²) in [6, 6.07) is 0. The van der Waals surface area contributed by atoms with E-state index < -0.39 is 5.97 Å². The molecule has 23 heavy (non-hydrogen) atoms. The SMILES string of the molecule is CCC=CCC=CC=CC(O)CCCCCCCCCC(=O)O. The van der Waals surface area contributed by atoms with Gasteiger partial charge in [0, 0.05) is 6.42 Å². The average molecular weight is 322 g/mol. The van der Waals surface area contributed by atoms with E-state index in [1.54, 1.807) is 0 Å². The summed E-state index contributed by atoms with van der Waals surface area (Å²) >= 11 is 0. The van der Waals surface area contributed by atoms with Crippen molar-refractivity contribution in [1.29, 1.82) is 0 Å². The number of hydrogen-bond donors (Lipinski definition) is 2. The van der Waals surface area contributed by atoms with Gasteiger partial charge in [0.2, 0.25) is 0 Å².